The van der Waals surface area contributed by atoms with Crippen molar-refractivity contribution in [2.75, 3.05) is 0 Å². The molecule has 0 amide bonds. The highest BCUT2D eigenvalue weighted by Gasteiger charge is 2.17. The fourth-order valence-corrected chi connectivity index (χ4v) is 3.36. The molecule has 0 aliphatic rings. The molecule has 1 atom stereocenters. The third kappa shape index (κ3) is 4.65. The lowest BCUT2D eigenvalue weighted by atomic mass is 10.1. The molecule has 1 N–H and O–H groups in total. The van der Waals surface area contributed by atoms with Crippen LogP contribution in [0.4, 0.5) is 4.39 Å². The highest BCUT2D eigenvalue weighted by molar-refractivity contribution is 7.89. The summed E-state index contributed by atoms with van der Waals surface area (Å²) in [6, 6.07) is 14.7. The van der Waals surface area contributed by atoms with Gasteiger partial charge in [-0.25, -0.2) is 17.5 Å². The summed E-state index contributed by atoms with van der Waals surface area (Å²) in [7, 11) is -3.68. The second-order valence-corrected chi connectivity index (χ2v) is 6.72. The summed E-state index contributed by atoms with van der Waals surface area (Å²) in [6.07, 6.45) is 1.46. The van der Waals surface area contributed by atoms with Gasteiger partial charge in [-0.3, -0.25) is 0 Å². The predicted octanol–water partition coefficient (Wildman–Crippen LogP) is 3.13. The molecule has 112 valence electrons. The maximum atomic E-state index is 13.1. The Morgan fingerprint density at radius 3 is 2.48 bits per heavy atom. The minimum Gasteiger partial charge on any atom is -0.208 e. The second kappa shape index (κ2) is 6.83. The molecule has 0 bridgehead atoms. The zero-order chi connectivity index (χ0) is 15.3. The SMILES string of the molecule is C[C@H](CCc1ccccc1)NS(=O)(=O)c1cccc(F)c1. The molecule has 0 aliphatic carbocycles. The van der Waals surface area contributed by atoms with Crippen molar-refractivity contribution in [3.05, 3.63) is 66.0 Å². The average molecular weight is 307 g/mol. The Morgan fingerprint density at radius 2 is 1.81 bits per heavy atom. The molecule has 0 heterocycles. The smallest absolute Gasteiger partial charge is 0.208 e. The van der Waals surface area contributed by atoms with Crippen LogP contribution in [0.15, 0.2) is 59.5 Å². The van der Waals surface area contributed by atoms with Gasteiger partial charge in [-0.15, -0.1) is 0 Å². The highest BCUT2D eigenvalue weighted by Crippen LogP contribution is 2.12. The summed E-state index contributed by atoms with van der Waals surface area (Å²) in [5, 5.41) is 0. The van der Waals surface area contributed by atoms with Crippen molar-refractivity contribution in [3.63, 3.8) is 0 Å². The van der Waals surface area contributed by atoms with E-state index >= 15 is 0 Å². The van der Waals surface area contributed by atoms with Crippen LogP contribution in [0, 0.1) is 5.82 Å². The van der Waals surface area contributed by atoms with E-state index in [0.717, 1.165) is 18.1 Å². The van der Waals surface area contributed by atoms with Crippen LogP contribution in [0.5, 0.6) is 0 Å². The predicted molar refractivity (Wildman–Crippen MR) is 80.9 cm³/mol. The topological polar surface area (TPSA) is 46.2 Å². The van der Waals surface area contributed by atoms with Gasteiger partial charge in [-0.05, 0) is 43.5 Å². The van der Waals surface area contributed by atoms with Crippen LogP contribution in [0.1, 0.15) is 18.9 Å². The standard InChI is InChI=1S/C16H18FNO2S/c1-13(10-11-14-6-3-2-4-7-14)18-21(19,20)16-9-5-8-15(17)12-16/h2-9,12-13,18H,10-11H2,1H3/t13-/m1/s1. The molecule has 2 rings (SSSR count). The molecule has 2 aromatic carbocycles. The molecule has 0 saturated carbocycles. The van der Waals surface area contributed by atoms with E-state index in [1.807, 2.05) is 30.3 Å². The van der Waals surface area contributed by atoms with Crippen LogP contribution < -0.4 is 4.72 Å². The Bertz CT molecular complexity index is 686. The number of hydrogen-bond acceptors (Lipinski definition) is 2. The third-order valence-corrected chi connectivity index (χ3v) is 4.76. The summed E-state index contributed by atoms with van der Waals surface area (Å²) in [4.78, 5) is -0.0472. The van der Waals surface area contributed by atoms with Crippen molar-refractivity contribution in [2.24, 2.45) is 0 Å². The number of nitrogens with one attached hydrogen (secondary N) is 1. The van der Waals surface area contributed by atoms with Gasteiger partial charge in [0.05, 0.1) is 4.90 Å². The van der Waals surface area contributed by atoms with Gasteiger partial charge < -0.3 is 0 Å². The lowest BCUT2D eigenvalue weighted by Gasteiger charge is -2.14. The van der Waals surface area contributed by atoms with Crippen molar-refractivity contribution in [1.82, 2.24) is 4.72 Å². The fourth-order valence-electron chi connectivity index (χ4n) is 2.05. The van der Waals surface area contributed by atoms with E-state index in [9.17, 15) is 12.8 Å². The zero-order valence-electron chi connectivity index (χ0n) is 11.8. The van der Waals surface area contributed by atoms with E-state index in [2.05, 4.69) is 4.72 Å². The molecule has 21 heavy (non-hydrogen) atoms. The van der Waals surface area contributed by atoms with Gasteiger partial charge in [0.15, 0.2) is 0 Å². The number of sulfonamides is 1. The minimum atomic E-state index is -3.68. The maximum absolute atomic E-state index is 13.1. The first kappa shape index (κ1) is 15.7. The van der Waals surface area contributed by atoms with Gasteiger partial charge in [0.2, 0.25) is 10.0 Å². The number of aryl methyl sites for hydroxylation is 1. The Morgan fingerprint density at radius 1 is 1.10 bits per heavy atom. The molecule has 0 radical (unpaired) electrons. The molecule has 0 aliphatic heterocycles. The van der Waals surface area contributed by atoms with Gasteiger partial charge in [0.25, 0.3) is 0 Å². The average Bonchev–Trinajstić information content (AvgIpc) is 2.46. The van der Waals surface area contributed by atoms with Crippen molar-refractivity contribution in [2.45, 2.75) is 30.7 Å². The first-order valence-electron chi connectivity index (χ1n) is 6.79. The Balaban J connectivity index is 1.97. The summed E-state index contributed by atoms with van der Waals surface area (Å²) >= 11 is 0. The lowest BCUT2D eigenvalue weighted by molar-refractivity contribution is 0.545. The van der Waals surface area contributed by atoms with E-state index in [0.29, 0.717) is 6.42 Å². The van der Waals surface area contributed by atoms with Gasteiger partial charge >= 0.3 is 0 Å². The number of halogens is 1. The Hall–Kier alpha value is -1.72. The molecule has 0 unspecified atom stereocenters. The van der Waals surface area contributed by atoms with Crippen LogP contribution in [-0.4, -0.2) is 14.5 Å². The van der Waals surface area contributed by atoms with Crippen molar-refractivity contribution in [3.8, 4) is 0 Å². The van der Waals surface area contributed by atoms with Crippen LogP contribution in [0.25, 0.3) is 0 Å². The zero-order valence-corrected chi connectivity index (χ0v) is 12.6. The summed E-state index contributed by atoms with van der Waals surface area (Å²) in [5.74, 6) is -0.560. The normalized spacial score (nSPS) is 13.0. The number of hydrogen-bond donors (Lipinski definition) is 1. The molecule has 0 spiro atoms. The van der Waals surface area contributed by atoms with Crippen LogP contribution in [0.3, 0.4) is 0 Å². The maximum Gasteiger partial charge on any atom is 0.240 e. The first-order chi connectivity index (χ1) is 9.97. The molecule has 5 heteroatoms. The van der Waals surface area contributed by atoms with Crippen LogP contribution >= 0.6 is 0 Å². The quantitative estimate of drug-likeness (QED) is 0.891. The van der Waals surface area contributed by atoms with E-state index in [1.165, 1.54) is 18.2 Å². The summed E-state index contributed by atoms with van der Waals surface area (Å²) in [6.45, 7) is 1.81. The van der Waals surface area contributed by atoms with Crippen molar-refractivity contribution < 1.29 is 12.8 Å². The second-order valence-electron chi connectivity index (χ2n) is 5.00. The Labute approximate surface area is 124 Å². The van der Waals surface area contributed by atoms with Gasteiger partial charge in [-0.1, -0.05) is 36.4 Å². The van der Waals surface area contributed by atoms with Crippen LogP contribution in [0.2, 0.25) is 0 Å². The molecule has 3 nitrogen and oxygen atoms in total. The van der Waals surface area contributed by atoms with Gasteiger partial charge in [0.1, 0.15) is 5.82 Å². The molecule has 0 saturated heterocycles. The monoisotopic (exact) mass is 307 g/mol. The van der Waals surface area contributed by atoms with Gasteiger partial charge in [-0.2, -0.15) is 0 Å². The van der Waals surface area contributed by atoms with E-state index < -0.39 is 15.8 Å². The number of benzene rings is 2. The van der Waals surface area contributed by atoms with Crippen LogP contribution in [-0.2, 0) is 16.4 Å². The molecular weight excluding hydrogens is 289 g/mol. The summed E-state index contributed by atoms with van der Waals surface area (Å²) in [5.41, 5.74) is 1.16. The first-order valence-corrected chi connectivity index (χ1v) is 8.27. The molecule has 0 fully saturated rings. The van der Waals surface area contributed by atoms with E-state index in [1.54, 1.807) is 6.92 Å². The minimum absolute atomic E-state index is 0.0472. The van der Waals surface area contributed by atoms with Crippen molar-refractivity contribution >= 4 is 10.0 Å². The van der Waals surface area contributed by atoms with Crippen molar-refractivity contribution in [1.29, 1.82) is 0 Å². The largest absolute Gasteiger partial charge is 0.240 e. The summed E-state index contributed by atoms with van der Waals surface area (Å²) < 4.78 is 39.9. The number of rotatable bonds is 6. The third-order valence-electron chi connectivity index (χ3n) is 3.17. The Kier molecular flexibility index (Phi) is 5.09. The molecule has 2 aromatic rings. The fraction of sp³-hybridized carbons (Fsp3) is 0.250. The van der Waals surface area contributed by atoms with E-state index in [-0.39, 0.29) is 10.9 Å². The van der Waals surface area contributed by atoms with E-state index in [4.69, 9.17) is 0 Å². The molecular formula is C16H18FNO2S. The lowest BCUT2D eigenvalue weighted by Crippen LogP contribution is -2.33. The highest BCUT2D eigenvalue weighted by atomic mass is 32.2. The molecule has 0 aromatic heterocycles. The van der Waals surface area contributed by atoms with Gasteiger partial charge in [0, 0.05) is 6.04 Å².